The van der Waals surface area contributed by atoms with Crippen molar-refractivity contribution in [3.8, 4) is 0 Å². The molecular formula is C16H23ClN2. The minimum atomic E-state index is 0.609. The molecule has 0 N–H and O–H groups in total. The molecule has 19 heavy (non-hydrogen) atoms. The summed E-state index contributed by atoms with van der Waals surface area (Å²) in [6, 6.07) is 7.44. The third-order valence-corrected chi connectivity index (χ3v) is 4.87. The Morgan fingerprint density at radius 2 is 2.05 bits per heavy atom. The zero-order chi connectivity index (χ0) is 13.2. The number of anilines is 1. The van der Waals surface area contributed by atoms with Crippen molar-refractivity contribution >= 4 is 17.3 Å². The van der Waals surface area contributed by atoms with Gasteiger partial charge in [-0.2, -0.15) is 0 Å². The highest BCUT2D eigenvalue weighted by atomic mass is 35.5. The first-order chi connectivity index (χ1) is 9.28. The molecule has 0 amide bonds. The van der Waals surface area contributed by atoms with Gasteiger partial charge in [0, 0.05) is 37.2 Å². The number of hydrogen-bond donors (Lipinski definition) is 0. The largest absolute Gasteiger partial charge is 0.370 e. The standard InChI is InChI=1S/C16H23ClN2/c1-13-10-14(11-17)5-6-16(13)19-9-3-8-18-7-2-4-15(18)12-19/h5-6,10,15H,2-4,7-9,11-12H2,1H3. The molecule has 2 heterocycles. The number of aryl methyl sites for hydroxylation is 1. The molecule has 2 fully saturated rings. The Bertz CT molecular complexity index is 446. The van der Waals surface area contributed by atoms with Crippen molar-refractivity contribution in [1.82, 2.24) is 4.90 Å². The van der Waals surface area contributed by atoms with Crippen molar-refractivity contribution in [3.63, 3.8) is 0 Å². The molecule has 1 aromatic rings. The van der Waals surface area contributed by atoms with Crippen molar-refractivity contribution in [2.24, 2.45) is 0 Å². The van der Waals surface area contributed by atoms with Crippen LogP contribution in [0.4, 0.5) is 5.69 Å². The van der Waals surface area contributed by atoms with E-state index < -0.39 is 0 Å². The van der Waals surface area contributed by atoms with Crippen molar-refractivity contribution in [2.45, 2.75) is 38.1 Å². The molecule has 1 unspecified atom stereocenters. The minimum Gasteiger partial charge on any atom is -0.370 e. The van der Waals surface area contributed by atoms with Crippen molar-refractivity contribution in [1.29, 1.82) is 0 Å². The molecule has 2 saturated heterocycles. The zero-order valence-electron chi connectivity index (χ0n) is 11.7. The third-order valence-electron chi connectivity index (χ3n) is 4.56. The first-order valence-electron chi connectivity index (χ1n) is 7.42. The van der Waals surface area contributed by atoms with Crippen molar-refractivity contribution < 1.29 is 0 Å². The molecule has 2 aliphatic rings. The highest BCUT2D eigenvalue weighted by Gasteiger charge is 2.29. The molecule has 1 aromatic carbocycles. The number of fused-ring (bicyclic) bond motifs is 1. The van der Waals surface area contributed by atoms with Gasteiger partial charge in [0.05, 0.1) is 0 Å². The second-order valence-corrected chi connectivity index (χ2v) is 6.15. The van der Waals surface area contributed by atoms with Gasteiger partial charge in [-0.25, -0.2) is 0 Å². The van der Waals surface area contributed by atoms with E-state index in [1.807, 2.05) is 0 Å². The summed E-state index contributed by atoms with van der Waals surface area (Å²) in [5.41, 5.74) is 3.99. The summed E-state index contributed by atoms with van der Waals surface area (Å²) in [4.78, 5) is 5.27. The molecule has 0 spiro atoms. The van der Waals surface area contributed by atoms with E-state index in [1.165, 1.54) is 62.3 Å². The highest BCUT2D eigenvalue weighted by molar-refractivity contribution is 6.17. The van der Waals surface area contributed by atoms with Gasteiger partial charge in [-0.1, -0.05) is 12.1 Å². The number of alkyl halides is 1. The zero-order valence-corrected chi connectivity index (χ0v) is 12.5. The van der Waals surface area contributed by atoms with Crippen LogP contribution >= 0.6 is 11.6 Å². The molecule has 2 nitrogen and oxygen atoms in total. The normalized spacial score (nSPS) is 24.3. The fraction of sp³-hybridized carbons (Fsp3) is 0.625. The average Bonchev–Trinajstić information content (AvgIpc) is 2.76. The number of hydrogen-bond acceptors (Lipinski definition) is 2. The quantitative estimate of drug-likeness (QED) is 0.765. The van der Waals surface area contributed by atoms with E-state index in [1.54, 1.807) is 0 Å². The van der Waals surface area contributed by atoms with E-state index in [9.17, 15) is 0 Å². The van der Waals surface area contributed by atoms with Gasteiger partial charge in [-0.3, -0.25) is 4.90 Å². The summed E-state index contributed by atoms with van der Waals surface area (Å²) in [5, 5.41) is 0. The number of nitrogens with zero attached hydrogens (tertiary/aromatic N) is 2. The molecule has 0 radical (unpaired) electrons. The van der Waals surface area contributed by atoms with Gasteiger partial charge < -0.3 is 4.90 Å². The molecule has 3 heteroatoms. The van der Waals surface area contributed by atoms with Gasteiger partial charge >= 0.3 is 0 Å². The first kappa shape index (κ1) is 13.3. The van der Waals surface area contributed by atoms with E-state index in [0.717, 1.165) is 6.04 Å². The second kappa shape index (κ2) is 5.72. The Kier molecular flexibility index (Phi) is 3.99. The molecule has 0 aliphatic carbocycles. The lowest BCUT2D eigenvalue weighted by Crippen LogP contribution is -2.36. The van der Waals surface area contributed by atoms with E-state index in [2.05, 4.69) is 34.9 Å². The van der Waals surface area contributed by atoms with Gasteiger partial charge in [-0.15, -0.1) is 11.6 Å². The number of benzene rings is 1. The molecule has 2 aliphatic heterocycles. The molecular weight excluding hydrogens is 256 g/mol. The first-order valence-corrected chi connectivity index (χ1v) is 7.96. The Labute approximate surface area is 121 Å². The van der Waals surface area contributed by atoms with E-state index in [4.69, 9.17) is 11.6 Å². The predicted molar refractivity (Wildman–Crippen MR) is 82.2 cm³/mol. The molecule has 1 atom stereocenters. The number of rotatable bonds is 2. The SMILES string of the molecule is Cc1cc(CCl)ccc1N1CCCN2CCCC2C1. The van der Waals surface area contributed by atoms with Crippen LogP contribution in [0.1, 0.15) is 30.4 Å². The van der Waals surface area contributed by atoms with E-state index >= 15 is 0 Å². The average molecular weight is 279 g/mol. The topological polar surface area (TPSA) is 6.48 Å². The summed E-state index contributed by atoms with van der Waals surface area (Å²) in [7, 11) is 0. The van der Waals surface area contributed by atoms with Crippen LogP contribution in [0.25, 0.3) is 0 Å². The summed E-state index contributed by atoms with van der Waals surface area (Å²) < 4.78 is 0. The highest BCUT2D eigenvalue weighted by Crippen LogP contribution is 2.27. The molecule has 104 valence electrons. The van der Waals surface area contributed by atoms with Gasteiger partial charge in [0.15, 0.2) is 0 Å². The van der Waals surface area contributed by atoms with Crippen LogP contribution in [0, 0.1) is 6.92 Å². The maximum absolute atomic E-state index is 5.92. The van der Waals surface area contributed by atoms with E-state index in [0.29, 0.717) is 5.88 Å². The summed E-state index contributed by atoms with van der Waals surface area (Å²) in [6.07, 6.45) is 4.03. The van der Waals surface area contributed by atoms with Crippen LogP contribution in [-0.4, -0.2) is 37.1 Å². The molecule has 0 aromatic heterocycles. The van der Waals surface area contributed by atoms with Crippen LogP contribution < -0.4 is 4.90 Å². The monoisotopic (exact) mass is 278 g/mol. The lowest BCUT2D eigenvalue weighted by molar-refractivity contribution is 0.273. The Balaban J connectivity index is 1.80. The van der Waals surface area contributed by atoms with Crippen LogP contribution in [0.3, 0.4) is 0 Å². The van der Waals surface area contributed by atoms with Crippen molar-refractivity contribution in [3.05, 3.63) is 29.3 Å². The lowest BCUT2D eigenvalue weighted by atomic mass is 10.1. The fourth-order valence-corrected chi connectivity index (χ4v) is 3.75. The van der Waals surface area contributed by atoms with Crippen LogP contribution in [0.15, 0.2) is 18.2 Å². The Hall–Kier alpha value is -0.730. The van der Waals surface area contributed by atoms with E-state index in [-0.39, 0.29) is 0 Å². The summed E-state index contributed by atoms with van der Waals surface area (Å²) >= 11 is 5.92. The maximum Gasteiger partial charge on any atom is 0.0474 e. The Morgan fingerprint density at radius 3 is 2.84 bits per heavy atom. The Morgan fingerprint density at radius 1 is 1.21 bits per heavy atom. The van der Waals surface area contributed by atoms with Gasteiger partial charge in [0.2, 0.25) is 0 Å². The smallest absolute Gasteiger partial charge is 0.0474 e. The van der Waals surface area contributed by atoms with Gasteiger partial charge in [0.1, 0.15) is 0 Å². The lowest BCUT2D eigenvalue weighted by Gasteiger charge is -2.28. The molecule has 0 bridgehead atoms. The fourth-order valence-electron chi connectivity index (χ4n) is 3.58. The van der Waals surface area contributed by atoms with Gasteiger partial charge in [-0.05, 0) is 49.9 Å². The number of halogens is 1. The van der Waals surface area contributed by atoms with Crippen LogP contribution in [0.2, 0.25) is 0 Å². The van der Waals surface area contributed by atoms with Gasteiger partial charge in [0.25, 0.3) is 0 Å². The van der Waals surface area contributed by atoms with Crippen molar-refractivity contribution in [2.75, 3.05) is 31.1 Å². The third kappa shape index (κ3) is 2.75. The molecule has 3 rings (SSSR count). The second-order valence-electron chi connectivity index (χ2n) is 5.89. The van der Waals surface area contributed by atoms with Crippen LogP contribution in [-0.2, 0) is 5.88 Å². The predicted octanol–water partition coefficient (Wildman–Crippen LogP) is 3.41. The summed E-state index contributed by atoms with van der Waals surface area (Å²) in [6.45, 7) is 7.18. The molecule has 0 saturated carbocycles. The maximum atomic E-state index is 5.92. The van der Waals surface area contributed by atoms with Crippen LogP contribution in [0.5, 0.6) is 0 Å². The minimum absolute atomic E-state index is 0.609. The summed E-state index contributed by atoms with van der Waals surface area (Å²) in [5.74, 6) is 0.609.